The van der Waals surface area contributed by atoms with Crippen LogP contribution in [0.15, 0.2) is 70.6 Å². The first-order chi connectivity index (χ1) is 16.9. The normalized spacial score (nSPS) is 15.8. The Morgan fingerprint density at radius 3 is 2.51 bits per heavy atom. The highest BCUT2D eigenvalue weighted by Crippen LogP contribution is 2.36. The van der Waals surface area contributed by atoms with Crippen LogP contribution in [0.4, 0.5) is 5.69 Å². The molecule has 0 aliphatic carbocycles. The fourth-order valence-electron chi connectivity index (χ4n) is 3.82. The molecular weight excluding hydrogens is 456 g/mol. The van der Waals surface area contributed by atoms with Gasteiger partial charge in [-0.25, -0.2) is 4.99 Å². The smallest absolute Gasteiger partial charge is 0.266 e. The number of aliphatic imine (C=N–C) groups is 1. The molecule has 1 aliphatic heterocycles. The SMILES string of the molecule is CCN1C(=O)/C(=C\c2ccc(OCc3cccc(C)c3)c(OC)c2)SC1=Nc1cc(C)ccc1C. The van der Waals surface area contributed by atoms with Crippen LogP contribution in [0.25, 0.3) is 6.08 Å². The van der Waals surface area contributed by atoms with Gasteiger partial charge in [0.2, 0.25) is 0 Å². The lowest BCUT2D eigenvalue weighted by molar-refractivity contribution is -0.122. The minimum atomic E-state index is -0.0414. The van der Waals surface area contributed by atoms with Gasteiger partial charge in [-0.05, 0) is 86.0 Å². The summed E-state index contributed by atoms with van der Waals surface area (Å²) < 4.78 is 11.6. The molecule has 0 atom stereocenters. The van der Waals surface area contributed by atoms with Crippen molar-refractivity contribution in [3.63, 3.8) is 0 Å². The Morgan fingerprint density at radius 2 is 1.77 bits per heavy atom. The number of likely N-dealkylation sites (N-methyl/N-ethyl adjacent to an activating group) is 1. The number of benzene rings is 3. The van der Waals surface area contributed by atoms with Gasteiger partial charge < -0.3 is 9.47 Å². The number of amides is 1. The van der Waals surface area contributed by atoms with E-state index in [9.17, 15) is 4.79 Å². The maximum atomic E-state index is 13.1. The predicted octanol–water partition coefficient (Wildman–Crippen LogP) is 6.82. The first-order valence-electron chi connectivity index (χ1n) is 11.6. The molecule has 180 valence electrons. The lowest BCUT2D eigenvalue weighted by atomic mass is 10.1. The van der Waals surface area contributed by atoms with Crippen LogP contribution in [0.3, 0.4) is 0 Å². The highest BCUT2D eigenvalue weighted by atomic mass is 32.2. The van der Waals surface area contributed by atoms with E-state index in [2.05, 4.69) is 31.2 Å². The van der Waals surface area contributed by atoms with Gasteiger partial charge in [0, 0.05) is 6.54 Å². The summed E-state index contributed by atoms with van der Waals surface area (Å²) in [5, 5.41) is 0.697. The molecule has 6 heteroatoms. The third kappa shape index (κ3) is 5.77. The fraction of sp³-hybridized carbons (Fsp3) is 0.241. The van der Waals surface area contributed by atoms with E-state index in [0.29, 0.717) is 34.7 Å². The van der Waals surface area contributed by atoms with Crippen LogP contribution in [0.2, 0.25) is 0 Å². The van der Waals surface area contributed by atoms with Crippen molar-refractivity contribution in [2.75, 3.05) is 13.7 Å². The standard InChI is InChI=1S/C29H30N2O3S/c1-6-31-28(32)27(35-29(31)30-24-15-20(3)10-11-21(24)4)17-22-12-13-25(26(16-22)33-5)34-18-23-9-7-8-19(2)14-23/h7-17H,6,18H2,1-5H3/b27-17+,30-29?. The zero-order chi connectivity index (χ0) is 24.9. The number of methoxy groups -OCH3 is 1. The summed E-state index contributed by atoms with van der Waals surface area (Å²) >= 11 is 1.40. The van der Waals surface area contributed by atoms with Gasteiger partial charge in [0.15, 0.2) is 16.7 Å². The Labute approximate surface area is 211 Å². The Hall–Kier alpha value is -3.51. The summed E-state index contributed by atoms with van der Waals surface area (Å²) in [6.45, 7) is 9.11. The second kappa shape index (κ2) is 10.8. The Balaban J connectivity index is 1.56. The van der Waals surface area contributed by atoms with Crippen LogP contribution < -0.4 is 9.47 Å². The van der Waals surface area contributed by atoms with Gasteiger partial charge in [-0.15, -0.1) is 0 Å². The molecule has 35 heavy (non-hydrogen) atoms. The first-order valence-corrected chi connectivity index (χ1v) is 12.4. The van der Waals surface area contributed by atoms with Crippen molar-refractivity contribution in [1.82, 2.24) is 4.90 Å². The zero-order valence-electron chi connectivity index (χ0n) is 20.8. The zero-order valence-corrected chi connectivity index (χ0v) is 21.6. The summed E-state index contributed by atoms with van der Waals surface area (Å²) in [7, 11) is 1.62. The number of carbonyl (C=O) groups excluding carboxylic acids is 1. The summed E-state index contributed by atoms with van der Waals surface area (Å²) in [4.78, 5) is 20.3. The number of aryl methyl sites for hydroxylation is 3. The van der Waals surface area contributed by atoms with Crippen molar-refractivity contribution < 1.29 is 14.3 Å². The van der Waals surface area contributed by atoms with E-state index in [0.717, 1.165) is 27.9 Å². The average molecular weight is 487 g/mol. The van der Waals surface area contributed by atoms with Gasteiger partial charge >= 0.3 is 0 Å². The van der Waals surface area contributed by atoms with Gasteiger partial charge in [0.1, 0.15) is 6.61 Å². The Bertz CT molecular complexity index is 1310. The van der Waals surface area contributed by atoms with E-state index in [1.807, 2.05) is 63.2 Å². The molecule has 0 radical (unpaired) electrons. The van der Waals surface area contributed by atoms with Crippen LogP contribution in [-0.2, 0) is 11.4 Å². The van der Waals surface area contributed by atoms with Gasteiger partial charge in [-0.3, -0.25) is 9.69 Å². The van der Waals surface area contributed by atoms with Crippen molar-refractivity contribution in [3.05, 3.63) is 93.4 Å². The van der Waals surface area contributed by atoms with E-state index < -0.39 is 0 Å². The second-order valence-corrected chi connectivity index (χ2v) is 9.54. The summed E-state index contributed by atoms with van der Waals surface area (Å²) in [5.74, 6) is 1.24. The van der Waals surface area contributed by atoms with Crippen LogP contribution >= 0.6 is 11.8 Å². The van der Waals surface area contributed by atoms with Crippen LogP contribution in [0.1, 0.15) is 34.7 Å². The van der Waals surface area contributed by atoms with Crippen molar-refractivity contribution in [3.8, 4) is 11.5 Å². The highest BCUT2D eigenvalue weighted by Gasteiger charge is 2.32. The third-order valence-corrected chi connectivity index (χ3v) is 6.75. The number of nitrogens with zero attached hydrogens (tertiary/aromatic N) is 2. The summed E-state index contributed by atoms with van der Waals surface area (Å²) in [6.07, 6.45) is 1.88. The molecule has 3 aromatic carbocycles. The minimum absolute atomic E-state index is 0.0414. The summed E-state index contributed by atoms with van der Waals surface area (Å²) in [6, 6.07) is 20.1. The van der Waals surface area contributed by atoms with E-state index in [1.54, 1.807) is 12.0 Å². The number of amidine groups is 1. The highest BCUT2D eigenvalue weighted by molar-refractivity contribution is 8.18. The Morgan fingerprint density at radius 1 is 0.971 bits per heavy atom. The molecule has 4 rings (SSSR count). The molecule has 1 aliphatic rings. The van der Waals surface area contributed by atoms with Crippen LogP contribution in [0, 0.1) is 20.8 Å². The molecule has 0 spiro atoms. The van der Waals surface area contributed by atoms with Crippen LogP contribution in [0.5, 0.6) is 11.5 Å². The lowest BCUT2D eigenvalue weighted by Crippen LogP contribution is -2.28. The van der Waals surface area contributed by atoms with Crippen molar-refractivity contribution in [2.45, 2.75) is 34.3 Å². The van der Waals surface area contributed by atoms with Crippen molar-refractivity contribution in [2.24, 2.45) is 4.99 Å². The fourth-order valence-corrected chi connectivity index (χ4v) is 4.88. The molecule has 1 saturated heterocycles. The molecule has 0 bridgehead atoms. The van der Waals surface area contributed by atoms with Gasteiger partial charge in [-0.1, -0.05) is 48.0 Å². The molecule has 0 unspecified atom stereocenters. The van der Waals surface area contributed by atoms with E-state index in [-0.39, 0.29) is 5.91 Å². The van der Waals surface area contributed by atoms with Gasteiger partial charge in [0.05, 0.1) is 17.7 Å². The third-order valence-electron chi connectivity index (χ3n) is 5.75. The number of hydrogen-bond donors (Lipinski definition) is 0. The van der Waals surface area contributed by atoms with Gasteiger partial charge in [-0.2, -0.15) is 0 Å². The molecular formula is C29H30N2O3S. The van der Waals surface area contributed by atoms with Gasteiger partial charge in [0.25, 0.3) is 5.91 Å². The minimum Gasteiger partial charge on any atom is -0.493 e. The molecule has 5 nitrogen and oxygen atoms in total. The average Bonchev–Trinajstić information content (AvgIpc) is 3.14. The largest absolute Gasteiger partial charge is 0.493 e. The molecule has 1 amide bonds. The monoisotopic (exact) mass is 486 g/mol. The number of carbonyl (C=O) groups is 1. The quantitative estimate of drug-likeness (QED) is 0.344. The number of hydrogen-bond acceptors (Lipinski definition) is 5. The molecule has 1 heterocycles. The Kier molecular flexibility index (Phi) is 7.61. The lowest BCUT2D eigenvalue weighted by Gasteiger charge is -2.13. The topological polar surface area (TPSA) is 51.1 Å². The van der Waals surface area contributed by atoms with Crippen LogP contribution in [-0.4, -0.2) is 29.6 Å². The maximum absolute atomic E-state index is 13.1. The number of thioether (sulfide) groups is 1. The van der Waals surface area contributed by atoms with Crippen molar-refractivity contribution in [1.29, 1.82) is 0 Å². The van der Waals surface area contributed by atoms with E-state index in [4.69, 9.17) is 14.5 Å². The molecule has 0 aromatic heterocycles. The van der Waals surface area contributed by atoms with Crippen molar-refractivity contribution >= 4 is 34.6 Å². The van der Waals surface area contributed by atoms with E-state index in [1.165, 1.54) is 17.3 Å². The molecule has 0 saturated carbocycles. The maximum Gasteiger partial charge on any atom is 0.266 e. The number of ether oxygens (including phenoxy) is 2. The predicted molar refractivity (Wildman–Crippen MR) is 144 cm³/mol. The van der Waals surface area contributed by atoms with E-state index >= 15 is 0 Å². The second-order valence-electron chi connectivity index (χ2n) is 8.53. The molecule has 3 aromatic rings. The number of rotatable bonds is 7. The summed E-state index contributed by atoms with van der Waals surface area (Å²) in [5.41, 5.74) is 6.26. The first kappa shape index (κ1) is 24.6. The molecule has 0 N–H and O–H groups in total. The molecule has 1 fully saturated rings.